The van der Waals surface area contributed by atoms with Gasteiger partial charge in [0.15, 0.2) is 0 Å². The minimum absolute atomic E-state index is 0.0164. The Balaban J connectivity index is 1.82. The van der Waals surface area contributed by atoms with Gasteiger partial charge < -0.3 is 14.2 Å². The van der Waals surface area contributed by atoms with Gasteiger partial charge in [0.25, 0.3) is 0 Å². The van der Waals surface area contributed by atoms with Crippen LogP contribution < -0.4 is 0 Å². The second-order valence-electron chi connectivity index (χ2n) is 5.27. The van der Waals surface area contributed by atoms with E-state index in [0.717, 1.165) is 19.4 Å². The normalized spacial score (nSPS) is 56.0. The summed E-state index contributed by atoms with van der Waals surface area (Å²) in [7, 11) is 0. The zero-order chi connectivity index (χ0) is 9.93. The second kappa shape index (κ2) is 2.58. The van der Waals surface area contributed by atoms with Crippen molar-refractivity contribution in [1.82, 2.24) is 0 Å². The molecule has 82 valence electrons. The average Bonchev–Trinajstić information content (AvgIpc) is 3.03. The lowest BCUT2D eigenvalue weighted by molar-refractivity contribution is -0.164. The summed E-state index contributed by atoms with van der Waals surface area (Å²) in [5, 5.41) is 0. The largest absolute Gasteiger partial charge is 0.473 e. The third-order valence-electron chi connectivity index (χ3n) is 4.65. The molecular formula is C12H16O3. The minimum Gasteiger partial charge on any atom is -0.473 e. The molecule has 3 heteroatoms. The quantitative estimate of drug-likeness (QED) is 0.617. The summed E-state index contributed by atoms with van der Waals surface area (Å²) in [6.07, 6.45) is 10.4. The van der Waals surface area contributed by atoms with Crippen LogP contribution in [0.25, 0.3) is 0 Å². The molecule has 0 amide bonds. The average molecular weight is 208 g/mol. The Morgan fingerprint density at radius 1 is 1.20 bits per heavy atom. The predicted octanol–water partition coefficient (Wildman–Crippen LogP) is 1.97. The van der Waals surface area contributed by atoms with Crippen molar-refractivity contribution < 1.29 is 14.2 Å². The third kappa shape index (κ3) is 0.936. The van der Waals surface area contributed by atoms with Crippen LogP contribution in [0.3, 0.4) is 0 Å². The molecule has 1 aliphatic carbocycles. The Labute approximate surface area is 89.4 Å². The summed E-state index contributed by atoms with van der Waals surface area (Å²) in [5.74, 6) is 0. The summed E-state index contributed by atoms with van der Waals surface area (Å²) >= 11 is 0. The molecule has 0 aromatic rings. The van der Waals surface area contributed by atoms with Crippen molar-refractivity contribution in [2.75, 3.05) is 6.61 Å². The van der Waals surface area contributed by atoms with Gasteiger partial charge >= 0.3 is 0 Å². The lowest BCUT2D eigenvalue weighted by Crippen LogP contribution is -2.50. The zero-order valence-electron chi connectivity index (χ0n) is 8.78. The van der Waals surface area contributed by atoms with E-state index >= 15 is 0 Å². The highest BCUT2D eigenvalue weighted by Crippen LogP contribution is 2.62. The lowest BCUT2D eigenvalue weighted by Gasteiger charge is -2.45. The monoisotopic (exact) mass is 208 g/mol. The van der Waals surface area contributed by atoms with Crippen molar-refractivity contribution in [3.8, 4) is 0 Å². The molecule has 1 spiro atoms. The van der Waals surface area contributed by atoms with Crippen molar-refractivity contribution in [3.05, 3.63) is 12.3 Å². The molecule has 4 rings (SSSR count). The molecule has 2 bridgehead atoms. The Morgan fingerprint density at radius 2 is 2.07 bits per heavy atom. The van der Waals surface area contributed by atoms with E-state index < -0.39 is 0 Å². The first-order valence-electron chi connectivity index (χ1n) is 5.97. The lowest BCUT2D eigenvalue weighted by atomic mass is 9.61. The van der Waals surface area contributed by atoms with Gasteiger partial charge in [-0.1, -0.05) is 12.8 Å². The van der Waals surface area contributed by atoms with Crippen LogP contribution in [0.2, 0.25) is 0 Å². The molecular weight excluding hydrogens is 192 g/mol. The Kier molecular flexibility index (Phi) is 1.48. The van der Waals surface area contributed by atoms with Gasteiger partial charge in [0.05, 0.1) is 19.0 Å². The number of fused-ring (bicyclic) bond motifs is 1. The summed E-state index contributed by atoms with van der Waals surface area (Å²) in [4.78, 5) is 0. The smallest absolute Gasteiger partial charge is 0.200 e. The topological polar surface area (TPSA) is 31.0 Å². The summed E-state index contributed by atoms with van der Waals surface area (Å²) < 4.78 is 17.2. The van der Waals surface area contributed by atoms with Gasteiger partial charge in [-0.3, -0.25) is 0 Å². The number of hydrogen-bond acceptors (Lipinski definition) is 3. The van der Waals surface area contributed by atoms with Crippen molar-refractivity contribution >= 4 is 0 Å². The van der Waals surface area contributed by atoms with E-state index in [1.54, 1.807) is 0 Å². The van der Waals surface area contributed by atoms with Crippen molar-refractivity contribution in [3.63, 3.8) is 0 Å². The van der Waals surface area contributed by atoms with E-state index in [2.05, 4.69) is 6.08 Å². The highest BCUT2D eigenvalue weighted by atomic mass is 16.7. The van der Waals surface area contributed by atoms with Crippen LogP contribution in [0.1, 0.15) is 32.1 Å². The van der Waals surface area contributed by atoms with Gasteiger partial charge in [0.1, 0.15) is 5.60 Å². The molecule has 3 heterocycles. The van der Waals surface area contributed by atoms with E-state index in [-0.39, 0.29) is 17.3 Å². The van der Waals surface area contributed by atoms with Gasteiger partial charge in [0, 0.05) is 11.8 Å². The third-order valence-corrected chi connectivity index (χ3v) is 4.65. The fourth-order valence-corrected chi connectivity index (χ4v) is 3.85. The van der Waals surface area contributed by atoms with Gasteiger partial charge in [-0.05, 0) is 18.9 Å². The number of rotatable bonds is 1. The van der Waals surface area contributed by atoms with E-state index in [0.29, 0.717) is 6.10 Å². The van der Waals surface area contributed by atoms with Gasteiger partial charge in [-0.2, -0.15) is 0 Å². The van der Waals surface area contributed by atoms with Crippen molar-refractivity contribution in [1.29, 1.82) is 0 Å². The Bertz CT molecular complexity index is 323. The number of hydrogen-bond donors (Lipinski definition) is 0. The molecule has 2 saturated heterocycles. The van der Waals surface area contributed by atoms with Crippen LogP contribution in [0.5, 0.6) is 0 Å². The molecule has 0 radical (unpaired) electrons. The maximum Gasteiger partial charge on any atom is 0.200 e. The molecule has 0 aromatic carbocycles. The SMILES string of the molecule is C1=C[C@]23CCCC[C@@]2([C@H]2CO2)C[C@H](O1)O3. The highest BCUT2D eigenvalue weighted by molar-refractivity contribution is 5.22. The first-order valence-corrected chi connectivity index (χ1v) is 5.97. The molecule has 3 fully saturated rings. The van der Waals surface area contributed by atoms with Gasteiger partial charge in [-0.25, -0.2) is 0 Å². The summed E-state index contributed by atoms with van der Waals surface area (Å²) in [6, 6.07) is 0. The number of epoxide rings is 1. The minimum atomic E-state index is -0.0602. The van der Waals surface area contributed by atoms with Gasteiger partial charge in [-0.15, -0.1) is 0 Å². The van der Waals surface area contributed by atoms with Crippen LogP contribution in [0.15, 0.2) is 12.3 Å². The summed E-state index contributed by atoms with van der Waals surface area (Å²) in [6.45, 7) is 0.922. The van der Waals surface area contributed by atoms with Crippen LogP contribution >= 0.6 is 0 Å². The molecule has 0 aromatic heterocycles. The molecule has 3 nitrogen and oxygen atoms in total. The second-order valence-corrected chi connectivity index (χ2v) is 5.27. The number of ether oxygens (including phenoxy) is 3. The molecule has 3 aliphatic heterocycles. The highest BCUT2D eigenvalue weighted by Gasteiger charge is 2.67. The summed E-state index contributed by atoms with van der Waals surface area (Å²) in [5.41, 5.74) is 0.165. The van der Waals surface area contributed by atoms with E-state index in [1.165, 1.54) is 19.3 Å². The first-order chi connectivity index (χ1) is 7.35. The maximum absolute atomic E-state index is 6.10. The molecule has 1 saturated carbocycles. The first kappa shape index (κ1) is 8.59. The van der Waals surface area contributed by atoms with Crippen LogP contribution in [-0.2, 0) is 14.2 Å². The fourth-order valence-electron chi connectivity index (χ4n) is 3.85. The molecule has 0 N–H and O–H groups in total. The molecule has 4 atom stereocenters. The molecule has 4 aliphatic rings. The maximum atomic E-state index is 6.10. The zero-order valence-corrected chi connectivity index (χ0v) is 8.78. The Hall–Kier alpha value is -0.540. The fraction of sp³-hybridized carbons (Fsp3) is 0.833. The van der Waals surface area contributed by atoms with Crippen LogP contribution in [0.4, 0.5) is 0 Å². The predicted molar refractivity (Wildman–Crippen MR) is 53.1 cm³/mol. The van der Waals surface area contributed by atoms with Crippen molar-refractivity contribution in [2.45, 2.75) is 50.1 Å². The Morgan fingerprint density at radius 3 is 2.93 bits per heavy atom. The van der Waals surface area contributed by atoms with E-state index in [1.807, 2.05) is 6.26 Å². The van der Waals surface area contributed by atoms with E-state index in [4.69, 9.17) is 14.2 Å². The standard InChI is InChI=1S/C12H16O3/c1-2-4-12-5-6-13-10(15-12)7-11(12,3-1)9-8-14-9/h5-6,9-10H,1-4,7-8H2/t9-,10-,11+,12-/m1/s1. The van der Waals surface area contributed by atoms with E-state index in [9.17, 15) is 0 Å². The molecule has 0 unspecified atom stereocenters. The van der Waals surface area contributed by atoms with Gasteiger partial charge in [0.2, 0.25) is 6.29 Å². The molecule has 15 heavy (non-hydrogen) atoms. The van der Waals surface area contributed by atoms with Crippen molar-refractivity contribution in [2.24, 2.45) is 5.41 Å². The van der Waals surface area contributed by atoms with Crippen LogP contribution in [-0.4, -0.2) is 24.6 Å². The van der Waals surface area contributed by atoms with Crippen LogP contribution in [0, 0.1) is 5.41 Å².